The molecule has 0 saturated carbocycles. The van der Waals surface area contributed by atoms with E-state index >= 15 is 0 Å². The fourth-order valence-electron chi connectivity index (χ4n) is 3.21. The van der Waals surface area contributed by atoms with Gasteiger partial charge in [0.05, 0.1) is 16.4 Å². The first-order chi connectivity index (χ1) is 12.2. The predicted octanol–water partition coefficient (Wildman–Crippen LogP) is 1.45. The largest absolute Gasteiger partial charge is 0.326 e. The molecule has 3 rings (SSSR count). The zero-order valence-electron chi connectivity index (χ0n) is 14.2. The van der Waals surface area contributed by atoms with Crippen LogP contribution in [0.1, 0.15) is 25.7 Å². The number of carbonyl (C=O) groups is 1. The van der Waals surface area contributed by atoms with Crippen molar-refractivity contribution in [3.63, 3.8) is 0 Å². The van der Waals surface area contributed by atoms with Crippen LogP contribution in [0.15, 0.2) is 41.3 Å². The molecule has 0 spiro atoms. The van der Waals surface area contributed by atoms with E-state index in [1.54, 1.807) is 0 Å². The molecule has 7 nitrogen and oxygen atoms in total. The maximum absolute atomic E-state index is 12.4. The van der Waals surface area contributed by atoms with Gasteiger partial charge in [-0.25, -0.2) is 21.6 Å². The van der Waals surface area contributed by atoms with Crippen molar-refractivity contribution in [1.82, 2.24) is 4.72 Å². The van der Waals surface area contributed by atoms with Gasteiger partial charge in [-0.05, 0) is 49.4 Å². The van der Waals surface area contributed by atoms with Gasteiger partial charge in [0.2, 0.25) is 15.9 Å². The number of rotatable bonds is 6. The molecular weight excluding hydrogens is 376 g/mol. The summed E-state index contributed by atoms with van der Waals surface area (Å²) in [6, 6.07) is 5.27. The lowest BCUT2D eigenvalue weighted by molar-refractivity contribution is -0.116. The molecule has 1 saturated heterocycles. The number of nitrogens with one attached hydrogen (secondary N) is 2. The molecule has 1 amide bonds. The van der Waals surface area contributed by atoms with Gasteiger partial charge in [0.15, 0.2) is 9.84 Å². The van der Waals surface area contributed by atoms with Crippen LogP contribution in [0.3, 0.4) is 0 Å². The highest BCUT2D eigenvalue weighted by Gasteiger charge is 2.31. The molecule has 142 valence electrons. The van der Waals surface area contributed by atoms with E-state index < -0.39 is 25.9 Å². The van der Waals surface area contributed by atoms with E-state index in [2.05, 4.69) is 16.1 Å². The number of carbonyl (C=O) groups excluding carboxylic acids is 1. The van der Waals surface area contributed by atoms with E-state index in [1.807, 2.05) is 6.08 Å². The quantitative estimate of drug-likeness (QED) is 0.705. The molecule has 0 aromatic heterocycles. The second kappa shape index (κ2) is 7.50. The molecule has 0 radical (unpaired) electrons. The Morgan fingerprint density at radius 3 is 2.46 bits per heavy atom. The fraction of sp³-hybridized carbons (Fsp3) is 0.471. The van der Waals surface area contributed by atoms with Crippen LogP contribution in [0.2, 0.25) is 0 Å². The Kier molecular flexibility index (Phi) is 5.50. The molecule has 1 aliphatic carbocycles. The summed E-state index contributed by atoms with van der Waals surface area (Å²) in [5.41, 5.74) is 0.527. The lowest BCUT2D eigenvalue weighted by Gasteiger charge is -2.12. The number of amides is 1. The van der Waals surface area contributed by atoms with Crippen LogP contribution in [0.4, 0.5) is 5.69 Å². The Morgan fingerprint density at radius 2 is 1.88 bits per heavy atom. The number of allylic oxidation sites excluding steroid dienone is 2. The molecule has 2 atom stereocenters. The zero-order chi connectivity index (χ0) is 18.8. The third kappa shape index (κ3) is 4.93. The predicted molar refractivity (Wildman–Crippen MR) is 98.9 cm³/mol. The molecule has 1 aromatic rings. The van der Waals surface area contributed by atoms with Gasteiger partial charge in [-0.15, -0.1) is 0 Å². The summed E-state index contributed by atoms with van der Waals surface area (Å²) in [5, 5.41) is 2.76. The van der Waals surface area contributed by atoms with Gasteiger partial charge in [-0.2, -0.15) is 0 Å². The molecular formula is C17H22N2O5S2. The van der Waals surface area contributed by atoms with Gasteiger partial charge >= 0.3 is 0 Å². The topological polar surface area (TPSA) is 109 Å². The number of hydrogen-bond donors (Lipinski definition) is 2. The summed E-state index contributed by atoms with van der Waals surface area (Å²) in [6.07, 6.45) is 6.79. The van der Waals surface area contributed by atoms with Gasteiger partial charge < -0.3 is 5.32 Å². The fourth-order valence-corrected chi connectivity index (χ4v) is 6.26. The van der Waals surface area contributed by atoms with E-state index in [4.69, 9.17) is 0 Å². The van der Waals surface area contributed by atoms with Crippen LogP contribution in [0.25, 0.3) is 0 Å². The molecule has 1 fully saturated rings. The summed E-state index contributed by atoms with van der Waals surface area (Å²) >= 11 is 0. The van der Waals surface area contributed by atoms with Gasteiger partial charge in [-0.1, -0.05) is 12.2 Å². The van der Waals surface area contributed by atoms with Gasteiger partial charge in [0.25, 0.3) is 0 Å². The van der Waals surface area contributed by atoms with Crippen molar-refractivity contribution in [1.29, 1.82) is 0 Å². The zero-order valence-corrected chi connectivity index (χ0v) is 15.9. The minimum absolute atomic E-state index is 0.00133. The van der Waals surface area contributed by atoms with Crippen molar-refractivity contribution in [3.8, 4) is 0 Å². The van der Waals surface area contributed by atoms with Crippen LogP contribution < -0.4 is 10.0 Å². The molecule has 2 N–H and O–H groups in total. The van der Waals surface area contributed by atoms with Crippen LogP contribution in [-0.2, 0) is 24.7 Å². The minimum atomic E-state index is -3.79. The molecule has 1 heterocycles. The Bertz CT molecular complexity index is 905. The van der Waals surface area contributed by atoms with Crippen molar-refractivity contribution in [3.05, 3.63) is 36.4 Å². The highest BCUT2D eigenvalue weighted by atomic mass is 32.2. The van der Waals surface area contributed by atoms with Gasteiger partial charge in [-0.3, -0.25) is 4.79 Å². The average Bonchev–Trinajstić information content (AvgIpc) is 3.16. The summed E-state index contributed by atoms with van der Waals surface area (Å²) in [6.45, 7) is 0. The monoisotopic (exact) mass is 398 g/mol. The molecule has 2 aliphatic rings. The summed E-state index contributed by atoms with van der Waals surface area (Å²) in [7, 11) is -6.95. The molecule has 1 aromatic carbocycles. The van der Waals surface area contributed by atoms with Crippen molar-refractivity contribution in [2.45, 2.75) is 36.6 Å². The first kappa shape index (κ1) is 19.1. The SMILES string of the molecule is O=C(C[C@@H]1C=CCC1)Nc1ccc(S(=O)(=O)N[C@H]2CCS(=O)(=O)C2)cc1. The average molecular weight is 399 g/mol. The van der Waals surface area contributed by atoms with E-state index in [9.17, 15) is 21.6 Å². The lowest BCUT2D eigenvalue weighted by atomic mass is 10.1. The van der Waals surface area contributed by atoms with E-state index in [0.717, 1.165) is 12.8 Å². The second-order valence-corrected chi connectivity index (χ2v) is 10.7. The lowest BCUT2D eigenvalue weighted by Crippen LogP contribution is -2.35. The van der Waals surface area contributed by atoms with Crippen LogP contribution in [0, 0.1) is 5.92 Å². The molecule has 9 heteroatoms. The number of sulfone groups is 1. The first-order valence-electron chi connectivity index (χ1n) is 8.53. The van der Waals surface area contributed by atoms with Gasteiger partial charge in [0, 0.05) is 18.2 Å². The third-order valence-electron chi connectivity index (χ3n) is 4.56. The number of hydrogen-bond acceptors (Lipinski definition) is 5. The van der Waals surface area contributed by atoms with Gasteiger partial charge in [0.1, 0.15) is 0 Å². The normalized spacial score (nSPS) is 24.6. The van der Waals surface area contributed by atoms with Crippen molar-refractivity contribution in [2.75, 3.05) is 16.8 Å². The van der Waals surface area contributed by atoms with E-state index in [-0.39, 0.29) is 34.6 Å². The Morgan fingerprint density at radius 1 is 1.15 bits per heavy atom. The highest BCUT2D eigenvalue weighted by molar-refractivity contribution is 7.92. The third-order valence-corrected chi connectivity index (χ3v) is 7.87. The maximum Gasteiger partial charge on any atom is 0.240 e. The standard InChI is InChI=1S/C17H22N2O5S2/c20-17(11-13-3-1-2-4-13)18-14-5-7-16(8-6-14)26(23,24)19-15-9-10-25(21,22)12-15/h1,3,5-8,13,15,19H,2,4,9-12H2,(H,18,20)/t13-,15+/m1/s1. The Hall–Kier alpha value is -1.71. The number of sulfonamides is 1. The van der Waals surface area contributed by atoms with E-state index in [0.29, 0.717) is 12.1 Å². The molecule has 26 heavy (non-hydrogen) atoms. The molecule has 0 bridgehead atoms. The van der Waals surface area contributed by atoms with E-state index in [1.165, 1.54) is 24.3 Å². The molecule has 0 unspecified atom stereocenters. The summed E-state index contributed by atoms with van der Waals surface area (Å²) in [5.74, 6) is -0.00915. The smallest absolute Gasteiger partial charge is 0.240 e. The summed E-state index contributed by atoms with van der Waals surface area (Å²) < 4.78 is 50.1. The van der Waals surface area contributed by atoms with Crippen LogP contribution in [0.5, 0.6) is 0 Å². The second-order valence-electron chi connectivity index (χ2n) is 6.76. The minimum Gasteiger partial charge on any atom is -0.326 e. The highest BCUT2D eigenvalue weighted by Crippen LogP contribution is 2.22. The summed E-state index contributed by atoms with van der Waals surface area (Å²) in [4.78, 5) is 12.0. The van der Waals surface area contributed by atoms with Crippen LogP contribution >= 0.6 is 0 Å². The van der Waals surface area contributed by atoms with Crippen molar-refractivity contribution >= 4 is 31.5 Å². The van der Waals surface area contributed by atoms with Crippen molar-refractivity contribution < 1.29 is 21.6 Å². The van der Waals surface area contributed by atoms with Crippen molar-refractivity contribution in [2.24, 2.45) is 5.92 Å². The van der Waals surface area contributed by atoms with Crippen LogP contribution in [-0.4, -0.2) is 40.3 Å². The molecule has 1 aliphatic heterocycles. The number of benzene rings is 1. The first-order valence-corrected chi connectivity index (χ1v) is 11.8. The maximum atomic E-state index is 12.4. The Balaban J connectivity index is 1.59. The number of anilines is 1. The Labute approximate surface area is 153 Å².